The summed E-state index contributed by atoms with van der Waals surface area (Å²) in [5.74, 6) is 0.847. The third-order valence-corrected chi connectivity index (χ3v) is 3.98. The summed E-state index contributed by atoms with van der Waals surface area (Å²) in [5, 5.41) is 3.49. The van der Waals surface area contributed by atoms with Crippen LogP contribution < -0.4 is 11.1 Å². The Bertz CT molecular complexity index is 639. The lowest BCUT2D eigenvalue weighted by atomic mass is 9.88. The van der Waals surface area contributed by atoms with Crippen molar-refractivity contribution in [1.82, 2.24) is 4.98 Å². The molecule has 1 unspecified atom stereocenters. The highest BCUT2D eigenvalue weighted by atomic mass is 32.1. The van der Waals surface area contributed by atoms with Gasteiger partial charge in [0.2, 0.25) is 0 Å². The lowest BCUT2D eigenvalue weighted by Crippen LogP contribution is -2.27. The van der Waals surface area contributed by atoms with Gasteiger partial charge < -0.3 is 11.1 Å². The Kier molecular flexibility index (Phi) is 3.65. The van der Waals surface area contributed by atoms with Crippen LogP contribution in [-0.4, -0.2) is 16.0 Å². The van der Waals surface area contributed by atoms with Crippen LogP contribution in [0.3, 0.4) is 0 Å². The van der Waals surface area contributed by atoms with Gasteiger partial charge in [0, 0.05) is 17.8 Å². The Hall–Kier alpha value is -1.94. The van der Waals surface area contributed by atoms with E-state index in [1.54, 1.807) is 6.20 Å². The number of hydrogen-bond donors (Lipinski definition) is 2. The van der Waals surface area contributed by atoms with Crippen LogP contribution in [0.4, 0.5) is 5.82 Å². The molecular weight excluding hydrogens is 266 g/mol. The predicted molar refractivity (Wildman–Crippen MR) is 86.0 cm³/mol. The van der Waals surface area contributed by atoms with E-state index < -0.39 is 0 Å². The van der Waals surface area contributed by atoms with Crippen LogP contribution >= 0.6 is 12.2 Å². The van der Waals surface area contributed by atoms with Gasteiger partial charge in [-0.15, -0.1) is 0 Å². The van der Waals surface area contributed by atoms with Crippen molar-refractivity contribution in [3.63, 3.8) is 0 Å². The summed E-state index contributed by atoms with van der Waals surface area (Å²) >= 11 is 5.00. The molecule has 0 aliphatic heterocycles. The SMILES string of the molecule is NC(=S)c1ccnc(NC2CCc3ccccc3C2)c1. The number of benzene rings is 1. The fourth-order valence-electron chi connectivity index (χ4n) is 2.69. The largest absolute Gasteiger partial charge is 0.389 e. The molecule has 1 aliphatic rings. The van der Waals surface area contributed by atoms with Crippen LogP contribution in [0.2, 0.25) is 0 Å². The molecule has 3 rings (SSSR count). The molecule has 1 aromatic heterocycles. The number of aryl methyl sites for hydroxylation is 1. The lowest BCUT2D eigenvalue weighted by molar-refractivity contribution is 0.609. The highest BCUT2D eigenvalue weighted by Crippen LogP contribution is 2.23. The van der Waals surface area contributed by atoms with Crippen LogP contribution in [0.15, 0.2) is 42.6 Å². The molecule has 1 aromatic carbocycles. The quantitative estimate of drug-likeness (QED) is 0.850. The maximum atomic E-state index is 5.65. The number of pyridine rings is 1. The van der Waals surface area contributed by atoms with Crippen molar-refractivity contribution in [1.29, 1.82) is 0 Å². The average Bonchev–Trinajstić information content (AvgIpc) is 2.47. The molecule has 102 valence electrons. The molecular formula is C16H17N3S. The van der Waals surface area contributed by atoms with Gasteiger partial charge in [-0.2, -0.15) is 0 Å². The van der Waals surface area contributed by atoms with Crippen molar-refractivity contribution in [3.8, 4) is 0 Å². The van der Waals surface area contributed by atoms with E-state index in [4.69, 9.17) is 18.0 Å². The lowest BCUT2D eigenvalue weighted by Gasteiger charge is -2.26. The number of aromatic nitrogens is 1. The Morgan fingerprint density at radius 2 is 2.05 bits per heavy atom. The molecule has 0 saturated heterocycles. The number of rotatable bonds is 3. The van der Waals surface area contributed by atoms with E-state index in [0.29, 0.717) is 11.0 Å². The van der Waals surface area contributed by atoms with Crippen molar-refractivity contribution in [2.75, 3.05) is 5.32 Å². The Morgan fingerprint density at radius 1 is 1.25 bits per heavy atom. The third kappa shape index (κ3) is 2.80. The predicted octanol–water partition coefficient (Wildman–Crippen LogP) is 2.69. The minimum absolute atomic E-state index is 0.407. The maximum absolute atomic E-state index is 5.65. The van der Waals surface area contributed by atoms with Crippen molar-refractivity contribution in [3.05, 3.63) is 59.3 Å². The number of nitrogens with two attached hydrogens (primary N) is 1. The zero-order valence-electron chi connectivity index (χ0n) is 11.2. The van der Waals surface area contributed by atoms with Gasteiger partial charge in [-0.1, -0.05) is 36.5 Å². The van der Waals surface area contributed by atoms with E-state index in [1.165, 1.54) is 11.1 Å². The number of fused-ring (bicyclic) bond motifs is 1. The van der Waals surface area contributed by atoms with Gasteiger partial charge in [0.1, 0.15) is 10.8 Å². The van der Waals surface area contributed by atoms with Gasteiger partial charge in [-0.05, 0) is 42.5 Å². The van der Waals surface area contributed by atoms with Crippen LogP contribution in [0.25, 0.3) is 0 Å². The van der Waals surface area contributed by atoms with Crippen LogP contribution in [0.5, 0.6) is 0 Å². The molecule has 1 aliphatic carbocycles. The average molecular weight is 283 g/mol. The Balaban J connectivity index is 1.73. The number of nitrogens with zero attached hydrogens (tertiary/aromatic N) is 1. The Labute approximate surface area is 124 Å². The maximum Gasteiger partial charge on any atom is 0.126 e. The van der Waals surface area contributed by atoms with Crippen molar-refractivity contribution in [2.45, 2.75) is 25.3 Å². The monoisotopic (exact) mass is 283 g/mol. The highest BCUT2D eigenvalue weighted by molar-refractivity contribution is 7.80. The van der Waals surface area contributed by atoms with Gasteiger partial charge >= 0.3 is 0 Å². The number of nitrogens with one attached hydrogen (secondary N) is 1. The van der Waals surface area contributed by atoms with E-state index in [9.17, 15) is 0 Å². The molecule has 0 fully saturated rings. The second kappa shape index (κ2) is 5.59. The molecule has 3 nitrogen and oxygen atoms in total. The topological polar surface area (TPSA) is 50.9 Å². The first-order valence-electron chi connectivity index (χ1n) is 6.81. The van der Waals surface area contributed by atoms with Crippen molar-refractivity contribution in [2.24, 2.45) is 5.73 Å². The molecule has 2 aromatic rings. The molecule has 20 heavy (non-hydrogen) atoms. The van der Waals surface area contributed by atoms with Crippen LogP contribution in [-0.2, 0) is 12.8 Å². The molecule has 1 heterocycles. The summed E-state index contributed by atoms with van der Waals surface area (Å²) in [5.41, 5.74) is 9.41. The first-order chi connectivity index (χ1) is 9.72. The molecule has 0 bridgehead atoms. The smallest absolute Gasteiger partial charge is 0.126 e. The molecule has 0 radical (unpaired) electrons. The molecule has 0 saturated carbocycles. The van der Waals surface area contributed by atoms with Crippen molar-refractivity contribution < 1.29 is 0 Å². The summed E-state index contributed by atoms with van der Waals surface area (Å²) < 4.78 is 0. The number of hydrogen-bond acceptors (Lipinski definition) is 3. The van der Waals surface area contributed by atoms with Gasteiger partial charge in [0.05, 0.1) is 0 Å². The van der Waals surface area contributed by atoms with E-state index in [2.05, 4.69) is 34.6 Å². The molecule has 1 atom stereocenters. The molecule has 0 spiro atoms. The van der Waals surface area contributed by atoms with E-state index in [1.807, 2.05) is 12.1 Å². The minimum atomic E-state index is 0.407. The standard InChI is InChI=1S/C16H17N3S/c17-16(20)13-7-8-18-15(10-13)19-14-6-5-11-3-1-2-4-12(11)9-14/h1-4,7-8,10,14H,5-6,9H2,(H2,17,20)(H,18,19). The van der Waals surface area contributed by atoms with Gasteiger partial charge in [-0.3, -0.25) is 0 Å². The minimum Gasteiger partial charge on any atom is -0.389 e. The zero-order chi connectivity index (χ0) is 13.9. The summed E-state index contributed by atoms with van der Waals surface area (Å²) in [6, 6.07) is 12.8. The number of thiocarbonyl (C=S) groups is 1. The fraction of sp³-hybridized carbons (Fsp3) is 0.250. The molecule has 3 N–H and O–H groups in total. The summed E-state index contributed by atoms with van der Waals surface area (Å²) in [4.78, 5) is 4.75. The summed E-state index contributed by atoms with van der Waals surface area (Å²) in [6.45, 7) is 0. The second-order valence-electron chi connectivity index (χ2n) is 5.15. The first kappa shape index (κ1) is 13.1. The Morgan fingerprint density at radius 3 is 2.85 bits per heavy atom. The van der Waals surface area contributed by atoms with Gasteiger partial charge in [-0.25, -0.2) is 4.98 Å². The van der Waals surface area contributed by atoms with E-state index in [0.717, 1.165) is 30.6 Å². The zero-order valence-corrected chi connectivity index (χ0v) is 12.0. The van der Waals surface area contributed by atoms with E-state index >= 15 is 0 Å². The fourth-order valence-corrected chi connectivity index (χ4v) is 2.82. The van der Waals surface area contributed by atoms with Gasteiger partial charge in [0.25, 0.3) is 0 Å². The highest BCUT2D eigenvalue weighted by Gasteiger charge is 2.18. The van der Waals surface area contributed by atoms with Crippen molar-refractivity contribution >= 4 is 23.0 Å². The van der Waals surface area contributed by atoms with E-state index in [-0.39, 0.29) is 0 Å². The summed E-state index contributed by atoms with van der Waals surface area (Å²) in [7, 11) is 0. The van der Waals surface area contributed by atoms with Gasteiger partial charge in [0.15, 0.2) is 0 Å². The van der Waals surface area contributed by atoms with Crippen LogP contribution in [0.1, 0.15) is 23.1 Å². The normalized spacial score (nSPS) is 17.3. The molecule has 4 heteroatoms. The molecule has 0 amide bonds. The first-order valence-corrected chi connectivity index (χ1v) is 7.22. The third-order valence-electron chi connectivity index (χ3n) is 3.74. The second-order valence-corrected chi connectivity index (χ2v) is 5.59. The summed E-state index contributed by atoms with van der Waals surface area (Å²) in [6.07, 6.45) is 5.02. The number of anilines is 1. The van der Waals surface area contributed by atoms with Crippen LogP contribution in [0, 0.1) is 0 Å².